The molecule has 0 radical (unpaired) electrons. The Kier molecular flexibility index (Phi) is 4.39. The third-order valence-electron chi connectivity index (χ3n) is 3.86. The highest BCUT2D eigenvalue weighted by Crippen LogP contribution is 2.32. The van der Waals surface area contributed by atoms with Crippen molar-refractivity contribution in [2.45, 2.75) is 52.0 Å². The van der Waals surface area contributed by atoms with Crippen LogP contribution < -0.4 is 5.73 Å². The van der Waals surface area contributed by atoms with Gasteiger partial charge in [-0.3, -0.25) is 4.90 Å². The van der Waals surface area contributed by atoms with E-state index >= 15 is 0 Å². The Morgan fingerprint density at radius 2 is 2.14 bits per heavy atom. The predicted molar refractivity (Wildman–Crippen MR) is 62.3 cm³/mol. The summed E-state index contributed by atoms with van der Waals surface area (Å²) in [7, 11) is 0. The smallest absolute Gasteiger partial charge is 0.0193 e. The molecular formula is C12H26N2. The zero-order chi connectivity index (χ0) is 10.6. The fraction of sp³-hybridized carbons (Fsp3) is 1.00. The number of hydrogen-bond acceptors (Lipinski definition) is 2. The average Bonchev–Trinajstić information content (AvgIpc) is 2.15. The van der Waals surface area contributed by atoms with E-state index in [1.165, 1.54) is 38.8 Å². The molecule has 1 aliphatic heterocycles. The van der Waals surface area contributed by atoms with Gasteiger partial charge >= 0.3 is 0 Å². The van der Waals surface area contributed by atoms with Gasteiger partial charge in [-0.05, 0) is 58.7 Å². The van der Waals surface area contributed by atoms with E-state index in [1.54, 1.807) is 0 Å². The minimum Gasteiger partial charge on any atom is -0.330 e. The monoisotopic (exact) mass is 198 g/mol. The van der Waals surface area contributed by atoms with Crippen LogP contribution in [0.3, 0.4) is 0 Å². The second kappa shape index (κ2) is 5.13. The first kappa shape index (κ1) is 12.0. The molecule has 1 atom stereocenters. The van der Waals surface area contributed by atoms with Crippen molar-refractivity contribution in [2.75, 3.05) is 19.6 Å². The van der Waals surface area contributed by atoms with Gasteiger partial charge in [0.1, 0.15) is 0 Å². The third-order valence-corrected chi connectivity index (χ3v) is 3.86. The van der Waals surface area contributed by atoms with Crippen LogP contribution >= 0.6 is 0 Å². The van der Waals surface area contributed by atoms with Crippen molar-refractivity contribution < 1.29 is 0 Å². The molecular weight excluding hydrogens is 172 g/mol. The van der Waals surface area contributed by atoms with Crippen LogP contribution in [-0.2, 0) is 0 Å². The molecule has 0 saturated carbocycles. The van der Waals surface area contributed by atoms with Gasteiger partial charge in [0.05, 0.1) is 0 Å². The Morgan fingerprint density at radius 3 is 2.71 bits per heavy atom. The molecule has 0 aromatic rings. The Morgan fingerprint density at radius 1 is 1.43 bits per heavy atom. The number of hydrogen-bond donors (Lipinski definition) is 1. The molecule has 0 amide bonds. The van der Waals surface area contributed by atoms with E-state index in [9.17, 15) is 0 Å². The molecule has 0 aliphatic carbocycles. The van der Waals surface area contributed by atoms with Crippen LogP contribution in [0.5, 0.6) is 0 Å². The molecule has 2 nitrogen and oxygen atoms in total. The summed E-state index contributed by atoms with van der Waals surface area (Å²) in [6.07, 6.45) is 5.25. The quantitative estimate of drug-likeness (QED) is 0.750. The van der Waals surface area contributed by atoms with E-state index < -0.39 is 0 Å². The van der Waals surface area contributed by atoms with Crippen molar-refractivity contribution in [2.24, 2.45) is 11.7 Å². The molecule has 2 heteroatoms. The first-order valence-electron chi connectivity index (χ1n) is 6.08. The summed E-state index contributed by atoms with van der Waals surface area (Å²) in [5, 5.41) is 0. The number of nitrogens with two attached hydrogens (primary N) is 1. The van der Waals surface area contributed by atoms with Gasteiger partial charge in [0.15, 0.2) is 0 Å². The van der Waals surface area contributed by atoms with Crippen LogP contribution in [0.4, 0.5) is 0 Å². The molecule has 1 aliphatic rings. The van der Waals surface area contributed by atoms with Crippen LogP contribution in [0.1, 0.15) is 46.5 Å². The predicted octanol–water partition coefficient (Wildman–Crippen LogP) is 2.24. The maximum atomic E-state index is 5.84. The molecule has 1 fully saturated rings. The Labute approximate surface area is 88.8 Å². The lowest BCUT2D eigenvalue weighted by Gasteiger charge is -2.48. The lowest BCUT2D eigenvalue weighted by molar-refractivity contribution is 0.0249. The molecule has 0 aromatic carbocycles. The highest BCUT2D eigenvalue weighted by molar-refractivity contribution is 4.92. The van der Waals surface area contributed by atoms with Crippen molar-refractivity contribution in [3.05, 3.63) is 0 Å². The maximum Gasteiger partial charge on any atom is 0.0193 e. The van der Waals surface area contributed by atoms with Gasteiger partial charge in [0, 0.05) is 5.54 Å². The van der Waals surface area contributed by atoms with Gasteiger partial charge in [-0.1, -0.05) is 13.3 Å². The Balaban J connectivity index is 2.55. The molecule has 0 spiro atoms. The summed E-state index contributed by atoms with van der Waals surface area (Å²) in [5.41, 5.74) is 6.16. The van der Waals surface area contributed by atoms with Crippen molar-refractivity contribution in [1.29, 1.82) is 0 Å². The highest BCUT2D eigenvalue weighted by atomic mass is 15.2. The molecule has 1 unspecified atom stereocenters. The fourth-order valence-corrected chi connectivity index (χ4v) is 2.58. The second-order valence-electron chi connectivity index (χ2n) is 5.07. The minimum absolute atomic E-state index is 0.322. The van der Waals surface area contributed by atoms with E-state index in [2.05, 4.69) is 25.7 Å². The van der Waals surface area contributed by atoms with E-state index in [0.29, 0.717) is 11.5 Å². The SMILES string of the molecule is CCCCN1CCCC(CN)C1(C)C. The molecule has 0 aromatic heterocycles. The van der Waals surface area contributed by atoms with Crippen molar-refractivity contribution in [3.63, 3.8) is 0 Å². The van der Waals surface area contributed by atoms with Gasteiger partial charge in [-0.15, -0.1) is 0 Å². The van der Waals surface area contributed by atoms with Crippen LogP contribution in [0, 0.1) is 5.92 Å². The lowest BCUT2D eigenvalue weighted by Crippen LogP contribution is -2.55. The van der Waals surface area contributed by atoms with E-state index in [1.807, 2.05) is 0 Å². The van der Waals surface area contributed by atoms with Crippen molar-refractivity contribution >= 4 is 0 Å². The summed E-state index contributed by atoms with van der Waals surface area (Å²) >= 11 is 0. The zero-order valence-electron chi connectivity index (χ0n) is 10.1. The van der Waals surface area contributed by atoms with Crippen LogP contribution in [0.2, 0.25) is 0 Å². The van der Waals surface area contributed by atoms with Gasteiger partial charge in [-0.25, -0.2) is 0 Å². The van der Waals surface area contributed by atoms with Gasteiger partial charge < -0.3 is 5.73 Å². The fourth-order valence-electron chi connectivity index (χ4n) is 2.58. The highest BCUT2D eigenvalue weighted by Gasteiger charge is 2.36. The minimum atomic E-state index is 0.322. The molecule has 2 N–H and O–H groups in total. The molecule has 14 heavy (non-hydrogen) atoms. The number of unbranched alkanes of at least 4 members (excludes halogenated alkanes) is 1. The summed E-state index contributed by atoms with van der Waals surface area (Å²) in [6.45, 7) is 10.3. The zero-order valence-corrected chi connectivity index (χ0v) is 10.1. The number of likely N-dealkylation sites (tertiary alicyclic amines) is 1. The van der Waals surface area contributed by atoms with E-state index in [0.717, 1.165) is 6.54 Å². The first-order valence-corrected chi connectivity index (χ1v) is 6.08. The Hall–Kier alpha value is -0.0800. The molecule has 1 saturated heterocycles. The Bertz CT molecular complexity index is 166. The third kappa shape index (κ3) is 2.48. The number of rotatable bonds is 4. The van der Waals surface area contributed by atoms with Gasteiger partial charge in [-0.2, -0.15) is 0 Å². The second-order valence-corrected chi connectivity index (χ2v) is 5.07. The summed E-state index contributed by atoms with van der Waals surface area (Å²) in [6, 6.07) is 0. The van der Waals surface area contributed by atoms with Crippen molar-refractivity contribution in [3.8, 4) is 0 Å². The van der Waals surface area contributed by atoms with Crippen molar-refractivity contribution in [1.82, 2.24) is 4.90 Å². The average molecular weight is 198 g/mol. The molecule has 0 bridgehead atoms. The van der Waals surface area contributed by atoms with Crippen LogP contribution in [0.25, 0.3) is 0 Å². The molecule has 1 rings (SSSR count). The molecule has 84 valence electrons. The maximum absolute atomic E-state index is 5.84. The summed E-state index contributed by atoms with van der Waals surface area (Å²) < 4.78 is 0. The van der Waals surface area contributed by atoms with E-state index in [4.69, 9.17) is 5.73 Å². The molecule has 1 heterocycles. The topological polar surface area (TPSA) is 29.3 Å². The van der Waals surface area contributed by atoms with Crippen LogP contribution in [0.15, 0.2) is 0 Å². The van der Waals surface area contributed by atoms with Crippen LogP contribution in [-0.4, -0.2) is 30.1 Å². The summed E-state index contributed by atoms with van der Waals surface area (Å²) in [4.78, 5) is 2.64. The lowest BCUT2D eigenvalue weighted by atomic mass is 9.79. The van der Waals surface area contributed by atoms with E-state index in [-0.39, 0.29) is 0 Å². The normalized spacial score (nSPS) is 27.9. The van der Waals surface area contributed by atoms with Gasteiger partial charge in [0.25, 0.3) is 0 Å². The van der Waals surface area contributed by atoms with Gasteiger partial charge in [0.2, 0.25) is 0 Å². The number of nitrogens with zero attached hydrogens (tertiary/aromatic N) is 1. The standard InChI is InChI=1S/C12H26N2/c1-4-5-8-14-9-6-7-11(10-13)12(14,2)3/h11H,4-10,13H2,1-3H3. The number of piperidine rings is 1. The summed E-state index contributed by atoms with van der Waals surface area (Å²) in [5.74, 6) is 0.688. The largest absolute Gasteiger partial charge is 0.330 e. The first-order chi connectivity index (χ1) is 6.62.